The summed E-state index contributed by atoms with van der Waals surface area (Å²) >= 11 is 0. The highest BCUT2D eigenvalue weighted by Crippen LogP contribution is 2.23. The molecule has 4 heteroatoms. The minimum atomic E-state index is 0.172. The summed E-state index contributed by atoms with van der Waals surface area (Å²) < 4.78 is 5.74. The van der Waals surface area contributed by atoms with Crippen molar-refractivity contribution in [3.8, 4) is 0 Å². The number of rotatable bonds is 6. The number of anilines is 2. The molecule has 0 radical (unpaired) electrons. The molecule has 0 saturated heterocycles. The van der Waals surface area contributed by atoms with Gasteiger partial charge < -0.3 is 15.5 Å². The van der Waals surface area contributed by atoms with Gasteiger partial charge in [-0.15, -0.1) is 0 Å². The Balaban J connectivity index is 2.07. The third-order valence-corrected chi connectivity index (χ3v) is 3.10. The number of aromatic nitrogens is 1. The van der Waals surface area contributed by atoms with E-state index in [1.54, 1.807) is 6.20 Å². The lowest BCUT2D eigenvalue weighted by atomic mass is 10.1. The second-order valence-corrected chi connectivity index (χ2v) is 4.88. The zero-order valence-electron chi connectivity index (χ0n) is 12.9. The van der Waals surface area contributed by atoms with E-state index in [1.807, 2.05) is 55.5 Å². The Morgan fingerprint density at radius 3 is 2.95 bits per heavy atom. The second kappa shape index (κ2) is 7.88. The first-order valence-corrected chi connectivity index (χ1v) is 7.23. The van der Waals surface area contributed by atoms with Gasteiger partial charge in [-0.2, -0.15) is 0 Å². The molecule has 2 rings (SSSR count). The Bertz CT molecular complexity index is 683. The molecule has 1 aromatic heterocycles. The van der Waals surface area contributed by atoms with Crippen molar-refractivity contribution in [2.45, 2.75) is 19.8 Å². The molecule has 114 valence electrons. The molecule has 1 atom stereocenters. The maximum Gasteiger partial charge on any atom is 0.299 e. The van der Waals surface area contributed by atoms with Crippen LogP contribution in [0, 0.1) is 0 Å². The van der Waals surface area contributed by atoms with Crippen molar-refractivity contribution in [2.24, 2.45) is 5.73 Å². The third-order valence-electron chi connectivity index (χ3n) is 3.10. The maximum atomic E-state index is 5.74. The molecule has 0 aliphatic rings. The van der Waals surface area contributed by atoms with Crippen molar-refractivity contribution in [1.82, 2.24) is 4.98 Å². The zero-order valence-corrected chi connectivity index (χ0v) is 12.9. The highest BCUT2D eigenvalue weighted by molar-refractivity contribution is 5.60. The van der Waals surface area contributed by atoms with Crippen LogP contribution in [0.5, 0.6) is 0 Å². The normalized spacial score (nSPS) is 13.4. The van der Waals surface area contributed by atoms with Crippen LogP contribution in [0.15, 0.2) is 65.4 Å². The molecule has 0 amide bonds. The SMILES string of the molecule is C/C=C\C=C/C(C)c1cnc(Nc2cccc(/C=C\N)c2)o1. The molecule has 0 bridgehead atoms. The second-order valence-electron chi connectivity index (χ2n) is 4.88. The average molecular weight is 295 g/mol. The summed E-state index contributed by atoms with van der Waals surface area (Å²) in [5, 5.41) is 3.15. The Morgan fingerprint density at radius 2 is 2.18 bits per heavy atom. The van der Waals surface area contributed by atoms with Crippen molar-refractivity contribution in [2.75, 3.05) is 5.32 Å². The first-order valence-electron chi connectivity index (χ1n) is 7.23. The highest BCUT2D eigenvalue weighted by Gasteiger charge is 2.09. The number of oxazole rings is 1. The van der Waals surface area contributed by atoms with Crippen LogP contribution in [-0.4, -0.2) is 4.98 Å². The molecule has 1 heterocycles. The van der Waals surface area contributed by atoms with Gasteiger partial charge >= 0.3 is 0 Å². The smallest absolute Gasteiger partial charge is 0.299 e. The van der Waals surface area contributed by atoms with E-state index in [1.165, 1.54) is 6.20 Å². The molecular formula is C18H21N3O. The Morgan fingerprint density at radius 1 is 1.32 bits per heavy atom. The van der Waals surface area contributed by atoms with E-state index in [0.29, 0.717) is 6.01 Å². The molecule has 1 aromatic carbocycles. The van der Waals surface area contributed by atoms with E-state index in [9.17, 15) is 0 Å². The van der Waals surface area contributed by atoms with Crippen molar-refractivity contribution in [3.63, 3.8) is 0 Å². The average Bonchev–Trinajstić information content (AvgIpc) is 2.97. The minimum absolute atomic E-state index is 0.172. The fraction of sp³-hybridized carbons (Fsp3) is 0.167. The topological polar surface area (TPSA) is 64.1 Å². The summed E-state index contributed by atoms with van der Waals surface area (Å²) in [5.41, 5.74) is 7.33. The van der Waals surface area contributed by atoms with Gasteiger partial charge in [0.25, 0.3) is 6.01 Å². The Hall–Kier alpha value is -2.75. The van der Waals surface area contributed by atoms with Crippen LogP contribution in [0.1, 0.15) is 31.1 Å². The van der Waals surface area contributed by atoms with Crippen molar-refractivity contribution in [3.05, 3.63) is 72.3 Å². The number of allylic oxidation sites excluding steroid dienone is 4. The van der Waals surface area contributed by atoms with E-state index >= 15 is 0 Å². The number of nitrogens with two attached hydrogens (primary N) is 1. The highest BCUT2D eigenvalue weighted by atomic mass is 16.4. The van der Waals surface area contributed by atoms with Gasteiger partial charge in [0.1, 0.15) is 5.76 Å². The lowest BCUT2D eigenvalue weighted by molar-refractivity contribution is 0.511. The molecule has 4 nitrogen and oxygen atoms in total. The molecule has 0 aliphatic heterocycles. The van der Waals surface area contributed by atoms with Gasteiger partial charge in [-0.3, -0.25) is 0 Å². The van der Waals surface area contributed by atoms with E-state index in [2.05, 4.69) is 23.3 Å². The van der Waals surface area contributed by atoms with Gasteiger partial charge in [0.2, 0.25) is 0 Å². The lowest BCUT2D eigenvalue weighted by Crippen LogP contribution is -1.90. The number of benzene rings is 1. The van der Waals surface area contributed by atoms with Crippen LogP contribution in [0.4, 0.5) is 11.7 Å². The third kappa shape index (κ3) is 4.38. The van der Waals surface area contributed by atoms with E-state index < -0.39 is 0 Å². The largest absolute Gasteiger partial charge is 0.428 e. The van der Waals surface area contributed by atoms with Crippen LogP contribution < -0.4 is 11.1 Å². The maximum absolute atomic E-state index is 5.74. The molecule has 0 fully saturated rings. The standard InChI is InChI=1S/C18H21N3O/c1-3-4-5-7-14(2)17-13-20-18(22-17)21-16-9-6-8-15(12-16)10-11-19/h3-14H,19H2,1-2H3,(H,20,21)/b4-3-,7-5-,11-10-. The predicted octanol–water partition coefficient (Wildman–Crippen LogP) is 4.58. The predicted molar refractivity (Wildman–Crippen MR) is 91.8 cm³/mol. The molecule has 1 unspecified atom stereocenters. The lowest BCUT2D eigenvalue weighted by Gasteiger charge is -2.03. The Labute approximate surface area is 131 Å². The van der Waals surface area contributed by atoms with Crippen LogP contribution in [0.25, 0.3) is 6.08 Å². The Kier molecular flexibility index (Phi) is 5.60. The molecule has 2 aromatic rings. The van der Waals surface area contributed by atoms with Gasteiger partial charge in [0.05, 0.1) is 6.20 Å². The van der Waals surface area contributed by atoms with Crippen molar-refractivity contribution < 1.29 is 4.42 Å². The summed E-state index contributed by atoms with van der Waals surface area (Å²) in [6.07, 6.45) is 13.1. The van der Waals surface area contributed by atoms with E-state index in [0.717, 1.165) is 17.0 Å². The first-order chi connectivity index (χ1) is 10.7. The summed E-state index contributed by atoms with van der Waals surface area (Å²) in [6, 6.07) is 8.33. The number of nitrogens with one attached hydrogen (secondary N) is 1. The summed E-state index contributed by atoms with van der Waals surface area (Å²) in [7, 11) is 0. The van der Waals surface area contributed by atoms with Crippen LogP contribution in [0.3, 0.4) is 0 Å². The number of hydrogen-bond donors (Lipinski definition) is 2. The zero-order chi connectivity index (χ0) is 15.8. The summed E-state index contributed by atoms with van der Waals surface area (Å²) in [6.45, 7) is 4.05. The van der Waals surface area contributed by atoms with E-state index in [-0.39, 0.29) is 5.92 Å². The molecular weight excluding hydrogens is 274 g/mol. The van der Waals surface area contributed by atoms with Crippen LogP contribution in [0.2, 0.25) is 0 Å². The fourth-order valence-electron chi connectivity index (χ4n) is 1.95. The number of hydrogen-bond acceptors (Lipinski definition) is 4. The fourth-order valence-corrected chi connectivity index (χ4v) is 1.95. The van der Waals surface area contributed by atoms with Crippen LogP contribution >= 0.6 is 0 Å². The molecule has 0 spiro atoms. The molecule has 3 N–H and O–H groups in total. The van der Waals surface area contributed by atoms with E-state index in [4.69, 9.17) is 10.2 Å². The minimum Gasteiger partial charge on any atom is -0.428 e. The van der Waals surface area contributed by atoms with Gasteiger partial charge in [0.15, 0.2) is 0 Å². The summed E-state index contributed by atoms with van der Waals surface area (Å²) in [4.78, 5) is 4.26. The van der Waals surface area contributed by atoms with Gasteiger partial charge in [-0.25, -0.2) is 4.98 Å². The molecule has 22 heavy (non-hydrogen) atoms. The number of nitrogens with zero attached hydrogens (tertiary/aromatic N) is 1. The van der Waals surface area contributed by atoms with Gasteiger partial charge in [-0.1, -0.05) is 43.4 Å². The van der Waals surface area contributed by atoms with Crippen LogP contribution in [-0.2, 0) is 0 Å². The van der Waals surface area contributed by atoms with Gasteiger partial charge in [0, 0.05) is 11.6 Å². The first kappa shape index (κ1) is 15.6. The summed E-state index contributed by atoms with van der Waals surface area (Å²) in [5.74, 6) is 0.993. The van der Waals surface area contributed by atoms with Crippen molar-refractivity contribution >= 4 is 17.8 Å². The molecule has 0 saturated carbocycles. The molecule has 0 aliphatic carbocycles. The van der Waals surface area contributed by atoms with Crippen molar-refractivity contribution in [1.29, 1.82) is 0 Å². The van der Waals surface area contributed by atoms with Gasteiger partial charge in [-0.05, 0) is 36.9 Å². The monoisotopic (exact) mass is 295 g/mol. The quantitative estimate of drug-likeness (QED) is 0.765.